The largest absolute Gasteiger partial charge is 0.331 e. The molecule has 0 aliphatic heterocycles. The van der Waals surface area contributed by atoms with Crippen LogP contribution in [0.4, 0.5) is 8.78 Å². The maximum Gasteiger partial charge on any atom is 0.257 e. The minimum absolute atomic E-state index is 0.228. The molecule has 0 radical (unpaired) electrons. The Morgan fingerprint density at radius 1 is 1.29 bits per heavy atom. The van der Waals surface area contributed by atoms with Gasteiger partial charge in [-0.05, 0) is 55.5 Å². The number of carbonyl (C=O) groups is 1. The Bertz CT molecular complexity index is 1010. The van der Waals surface area contributed by atoms with E-state index in [1.807, 2.05) is 19.1 Å². The van der Waals surface area contributed by atoms with Crippen molar-refractivity contribution in [1.29, 1.82) is 0 Å². The monoisotopic (exact) mass is 384 g/mol. The molecule has 1 amide bonds. The van der Waals surface area contributed by atoms with Crippen LogP contribution in [0.5, 0.6) is 0 Å². The predicted molar refractivity (Wildman–Crippen MR) is 102 cm³/mol. The Hall–Kier alpha value is -2.83. The Kier molecular flexibility index (Phi) is 5.07. The van der Waals surface area contributed by atoms with Crippen molar-refractivity contribution in [3.8, 4) is 0 Å². The fraction of sp³-hybridized carbons (Fsp3) is 0.381. The average Bonchev–Trinajstić information content (AvgIpc) is 3.45. The Balaban J connectivity index is 1.68. The second kappa shape index (κ2) is 7.66. The summed E-state index contributed by atoms with van der Waals surface area (Å²) in [7, 11) is 0. The molecule has 0 saturated heterocycles. The van der Waals surface area contributed by atoms with Crippen molar-refractivity contribution in [2.75, 3.05) is 6.54 Å². The van der Waals surface area contributed by atoms with Gasteiger partial charge in [0.05, 0.1) is 12.1 Å². The van der Waals surface area contributed by atoms with Crippen molar-refractivity contribution in [3.63, 3.8) is 0 Å². The first-order valence-electron chi connectivity index (χ1n) is 9.61. The molecule has 7 heteroatoms. The molecule has 146 valence electrons. The summed E-state index contributed by atoms with van der Waals surface area (Å²) >= 11 is 0. The van der Waals surface area contributed by atoms with E-state index in [0.29, 0.717) is 18.9 Å². The molecular formula is C21H22F2N4O. The lowest BCUT2D eigenvalue weighted by Crippen LogP contribution is -2.33. The van der Waals surface area contributed by atoms with Gasteiger partial charge in [-0.25, -0.2) is 18.7 Å². The Labute approximate surface area is 162 Å². The molecule has 3 aromatic rings. The predicted octanol–water partition coefficient (Wildman–Crippen LogP) is 4.17. The summed E-state index contributed by atoms with van der Waals surface area (Å²) in [6.07, 6.45) is 4.79. The number of amides is 1. The molecule has 1 aliphatic carbocycles. The summed E-state index contributed by atoms with van der Waals surface area (Å²) in [6, 6.07) is 6.68. The summed E-state index contributed by atoms with van der Waals surface area (Å²) in [6.45, 7) is 3.41. The van der Waals surface area contributed by atoms with Crippen LogP contribution >= 0.6 is 0 Å². The number of nitrogens with zero attached hydrogens (tertiary/aromatic N) is 4. The van der Waals surface area contributed by atoms with Gasteiger partial charge in [0.15, 0.2) is 5.65 Å². The lowest BCUT2D eigenvalue weighted by atomic mass is 10.1. The highest BCUT2D eigenvalue weighted by Crippen LogP contribution is 2.32. The van der Waals surface area contributed by atoms with Gasteiger partial charge in [-0.2, -0.15) is 0 Å². The van der Waals surface area contributed by atoms with Crippen molar-refractivity contribution >= 4 is 17.1 Å². The number of aromatic nitrogens is 3. The van der Waals surface area contributed by atoms with Crippen molar-refractivity contribution < 1.29 is 13.6 Å². The lowest BCUT2D eigenvalue weighted by molar-refractivity contribution is 0.0732. The highest BCUT2D eigenvalue weighted by Gasteiger charge is 2.27. The summed E-state index contributed by atoms with van der Waals surface area (Å²) in [4.78, 5) is 23.6. The Morgan fingerprint density at radius 3 is 2.86 bits per heavy atom. The SMILES string of the molecule is CCCN(Cc1nc2cccnc2n1CC1CC1)C(=O)c1cc(F)ccc1F. The minimum Gasteiger partial charge on any atom is -0.331 e. The van der Waals surface area contributed by atoms with Crippen LogP contribution in [0.2, 0.25) is 0 Å². The molecule has 2 aromatic heterocycles. The maximum atomic E-state index is 14.1. The fourth-order valence-electron chi connectivity index (χ4n) is 3.40. The maximum absolute atomic E-state index is 14.1. The van der Waals surface area contributed by atoms with E-state index in [1.165, 1.54) is 17.7 Å². The summed E-state index contributed by atoms with van der Waals surface area (Å²) in [5, 5.41) is 0. The number of fused-ring (bicyclic) bond motifs is 1. The Morgan fingerprint density at radius 2 is 2.11 bits per heavy atom. The second-order valence-corrected chi connectivity index (χ2v) is 7.28. The lowest BCUT2D eigenvalue weighted by Gasteiger charge is -2.22. The van der Waals surface area contributed by atoms with Crippen LogP contribution in [0.3, 0.4) is 0 Å². The number of rotatable bonds is 7. The van der Waals surface area contributed by atoms with E-state index in [-0.39, 0.29) is 12.1 Å². The van der Waals surface area contributed by atoms with E-state index >= 15 is 0 Å². The highest BCUT2D eigenvalue weighted by molar-refractivity contribution is 5.94. The zero-order valence-corrected chi connectivity index (χ0v) is 15.7. The number of imidazole rings is 1. The van der Waals surface area contributed by atoms with E-state index in [2.05, 4.69) is 14.5 Å². The first-order chi connectivity index (χ1) is 13.6. The first-order valence-corrected chi connectivity index (χ1v) is 9.61. The summed E-state index contributed by atoms with van der Waals surface area (Å²) in [5.41, 5.74) is 1.32. The van der Waals surface area contributed by atoms with E-state index in [0.717, 1.165) is 41.7 Å². The van der Waals surface area contributed by atoms with Gasteiger partial charge >= 0.3 is 0 Å². The molecule has 0 atom stereocenters. The molecule has 0 N–H and O–H groups in total. The third-order valence-electron chi connectivity index (χ3n) is 4.99. The van der Waals surface area contributed by atoms with Gasteiger partial charge in [-0.15, -0.1) is 0 Å². The molecule has 1 aromatic carbocycles. The van der Waals surface area contributed by atoms with E-state index in [1.54, 1.807) is 6.20 Å². The normalized spacial score (nSPS) is 13.8. The highest BCUT2D eigenvalue weighted by atomic mass is 19.1. The molecule has 0 spiro atoms. The van der Waals surface area contributed by atoms with Crippen molar-refractivity contribution in [2.45, 2.75) is 39.3 Å². The van der Waals surface area contributed by atoms with Crippen LogP contribution < -0.4 is 0 Å². The van der Waals surface area contributed by atoms with Gasteiger partial charge in [0.2, 0.25) is 0 Å². The number of hydrogen-bond donors (Lipinski definition) is 0. The van der Waals surface area contributed by atoms with E-state index < -0.39 is 17.5 Å². The third kappa shape index (κ3) is 3.74. The van der Waals surface area contributed by atoms with Crippen LogP contribution in [0.25, 0.3) is 11.2 Å². The quantitative estimate of drug-likeness (QED) is 0.614. The van der Waals surface area contributed by atoms with Gasteiger partial charge in [-0.1, -0.05) is 6.92 Å². The number of pyridine rings is 1. The van der Waals surface area contributed by atoms with Gasteiger partial charge in [0.1, 0.15) is 23.0 Å². The zero-order valence-electron chi connectivity index (χ0n) is 15.7. The first kappa shape index (κ1) is 18.5. The van der Waals surface area contributed by atoms with E-state index in [9.17, 15) is 13.6 Å². The standard InChI is InChI=1S/C21H22F2N4O/c1-2-10-26(21(28)16-11-15(22)7-8-17(16)23)13-19-25-18-4-3-9-24-20(18)27(19)12-14-5-6-14/h3-4,7-9,11,14H,2,5-6,10,12-13H2,1H3. The minimum atomic E-state index is -0.722. The molecule has 28 heavy (non-hydrogen) atoms. The van der Waals surface area contributed by atoms with Crippen LogP contribution in [0.15, 0.2) is 36.5 Å². The van der Waals surface area contributed by atoms with Gasteiger partial charge in [-0.3, -0.25) is 4.79 Å². The van der Waals surface area contributed by atoms with Gasteiger partial charge < -0.3 is 9.47 Å². The number of halogens is 2. The van der Waals surface area contributed by atoms with Crippen LogP contribution in [0.1, 0.15) is 42.4 Å². The molecule has 4 rings (SSSR count). The molecule has 0 unspecified atom stereocenters. The molecule has 5 nitrogen and oxygen atoms in total. The molecule has 0 bridgehead atoms. The van der Waals surface area contributed by atoms with Crippen LogP contribution in [-0.4, -0.2) is 31.9 Å². The van der Waals surface area contributed by atoms with Crippen molar-refractivity contribution in [1.82, 2.24) is 19.4 Å². The van der Waals surface area contributed by atoms with Crippen molar-refractivity contribution in [3.05, 3.63) is 59.6 Å². The molecular weight excluding hydrogens is 362 g/mol. The van der Waals surface area contributed by atoms with Gasteiger partial charge in [0, 0.05) is 19.3 Å². The number of benzene rings is 1. The number of hydrogen-bond acceptors (Lipinski definition) is 3. The summed E-state index contributed by atoms with van der Waals surface area (Å²) in [5.74, 6) is -0.558. The molecule has 2 heterocycles. The second-order valence-electron chi connectivity index (χ2n) is 7.28. The topological polar surface area (TPSA) is 51.0 Å². The van der Waals surface area contributed by atoms with Gasteiger partial charge in [0.25, 0.3) is 5.91 Å². The van der Waals surface area contributed by atoms with Crippen LogP contribution in [0, 0.1) is 17.6 Å². The molecule has 1 fully saturated rings. The zero-order chi connectivity index (χ0) is 19.7. The molecule has 1 aliphatic rings. The fourth-order valence-corrected chi connectivity index (χ4v) is 3.40. The van der Waals surface area contributed by atoms with Crippen LogP contribution in [-0.2, 0) is 13.1 Å². The third-order valence-corrected chi connectivity index (χ3v) is 4.99. The van der Waals surface area contributed by atoms with Crippen molar-refractivity contribution in [2.24, 2.45) is 5.92 Å². The summed E-state index contributed by atoms with van der Waals surface area (Å²) < 4.78 is 29.8. The number of carbonyl (C=O) groups excluding carboxylic acids is 1. The molecule has 1 saturated carbocycles. The average molecular weight is 384 g/mol. The van der Waals surface area contributed by atoms with E-state index in [4.69, 9.17) is 0 Å². The smallest absolute Gasteiger partial charge is 0.257 e.